The maximum atomic E-state index is 12.2. The molecule has 0 fully saturated rings. The molecule has 3 aromatic rings. The number of thiazole rings is 1. The van der Waals surface area contributed by atoms with Crippen LogP contribution >= 0.6 is 11.3 Å². The average Bonchev–Trinajstić information content (AvgIpc) is 3.10. The van der Waals surface area contributed by atoms with Crippen LogP contribution in [0.5, 0.6) is 0 Å². The van der Waals surface area contributed by atoms with Crippen molar-refractivity contribution >= 4 is 22.2 Å². The van der Waals surface area contributed by atoms with Crippen LogP contribution < -0.4 is 5.32 Å². The van der Waals surface area contributed by atoms with Gasteiger partial charge in [-0.15, -0.1) is 11.3 Å². The molecule has 1 unspecified atom stereocenters. The highest BCUT2D eigenvalue weighted by Crippen LogP contribution is 2.18. The summed E-state index contributed by atoms with van der Waals surface area (Å²) in [5.74, 6) is -0.000264. The molecule has 0 aliphatic heterocycles. The van der Waals surface area contributed by atoms with E-state index in [4.69, 9.17) is 0 Å². The summed E-state index contributed by atoms with van der Waals surface area (Å²) in [6, 6.07) is 8.60. The lowest BCUT2D eigenvalue weighted by molar-refractivity contribution is -0.120. The van der Waals surface area contributed by atoms with Crippen molar-refractivity contribution in [2.45, 2.75) is 19.4 Å². The van der Waals surface area contributed by atoms with Crippen LogP contribution in [-0.2, 0) is 11.2 Å². The standard InChI is InChI=1S/C18H22N4OS/c1-13-4-6-14(7-5-13)16(21(2)3)11-19-17(23)10-15-12-22-8-9-24-18(22)20-15/h4-9,12,16H,10-11H2,1-3H3,(H,19,23). The second-order valence-corrected chi connectivity index (χ2v) is 7.07. The molecule has 0 saturated heterocycles. The molecule has 1 amide bonds. The Morgan fingerprint density at radius 3 is 2.75 bits per heavy atom. The average molecular weight is 342 g/mol. The van der Waals surface area contributed by atoms with Crippen LogP contribution in [0, 0.1) is 6.92 Å². The third-order valence-corrected chi connectivity index (χ3v) is 4.83. The predicted molar refractivity (Wildman–Crippen MR) is 97.4 cm³/mol. The van der Waals surface area contributed by atoms with Crippen LogP contribution in [0.3, 0.4) is 0 Å². The Bertz CT molecular complexity index is 791. The summed E-state index contributed by atoms with van der Waals surface area (Å²) >= 11 is 1.57. The molecular weight excluding hydrogens is 320 g/mol. The first kappa shape index (κ1) is 16.7. The van der Waals surface area contributed by atoms with Gasteiger partial charge in [0.2, 0.25) is 5.91 Å². The van der Waals surface area contributed by atoms with Crippen molar-refractivity contribution in [3.63, 3.8) is 0 Å². The van der Waals surface area contributed by atoms with Crippen LogP contribution in [0.15, 0.2) is 42.0 Å². The number of nitrogens with one attached hydrogen (secondary N) is 1. The number of aromatic nitrogens is 2. The summed E-state index contributed by atoms with van der Waals surface area (Å²) in [5, 5.41) is 5.02. The smallest absolute Gasteiger partial charge is 0.226 e. The van der Waals surface area contributed by atoms with E-state index < -0.39 is 0 Å². The van der Waals surface area contributed by atoms with E-state index in [1.54, 1.807) is 11.3 Å². The summed E-state index contributed by atoms with van der Waals surface area (Å²) in [6.45, 7) is 2.66. The zero-order chi connectivity index (χ0) is 17.1. The summed E-state index contributed by atoms with van der Waals surface area (Å²) < 4.78 is 1.95. The minimum Gasteiger partial charge on any atom is -0.354 e. The van der Waals surface area contributed by atoms with Gasteiger partial charge in [-0.05, 0) is 26.6 Å². The molecule has 3 rings (SSSR count). The van der Waals surface area contributed by atoms with Gasteiger partial charge in [-0.25, -0.2) is 4.98 Å². The molecule has 0 bridgehead atoms. The summed E-state index contributed by atoms with van der Waals surface area (Å²) in [6.07, 6.45) is 4.17. The van der Waals surface area contributed by atoms with Crippen LogP contribution in [0.2, 0.25) is 0 Å². The van der Waals surface area contributed by atoms with Crippen molar-refractivity contribution in [1.82, 2.24) is 19.6 Å². The zero-order valence-corrected chi connectivity index (χ0v) is 15.0. The molecule has 0 radical (unpaired) electrons. The molecule has 0 aliphatic rings. The van der Waals surface area contributed by atoms with E-state index in [2.05, 4.69) is 46.4 Å². The summed E-state index contributed by atoms with van der Waals surface area (Å²) in [4.78, 5) is 19.7. The van der Waals surface area contributed by atoms with E-state index in [0.717, 1.165) is 10.7 Å². The topological polar surface area (TPSA) is 49.6 Å². The van der Waals surface area contributed by atoms with E-state index in [1.807, 2.05) is 36.3 Å². The van der Waals surface area contributed by atoms with Crippen molar-refractivity contribution in [2.75, 3.05) is 20.6 Å². The zero-order valence-electron chi connectivity index (χ0n) is 14.2. The van der Waals surface area contributed by atoms with E-state index in [0.29, 0.717) is 13.0 Å². The lowest BCUT2D eigenvalue weighted by Gasteiger charge is -2.25. The number of rotatable bonds is 6. The fourth-order valence-corrected chi connectivity index (χ4v) is 3.40. The van der Waals surface area contributed by atoms with E-state index in [9.17, 15) is 4.79 Å². The Balaban J connectivity index is 1.60. The number of amides is 1. The predicted octanol–water partition coefficient (Wildman–Crippen LogP) is 2.67. The molecule has 126 valence electrons. The molecule has 2 heterocycles. The minimum atomic E-state index is -0.000264. The first-order valence-corrected chi connectivity index (χ1v) is 8.81. The first-order chi connectivity index (χ1) is 11.5. The molecule has 24 heavy (non-hydrogen) atoms. The van der Waals surface area contributed by atoms with Crippen LogP contribution in [0.4, 0.5) is 0 Å². The fraction of sp³-hybridized carbons (Fsp3) is 0.333. The SMILES string of the molecule is Cc1ccc(C(CNC(=O)Cc2cn3ccsc3n2)N(C)C)cc1. The molecule has 1 atom stereocenters. The number of imidazole rings is 1. The molecule has 0 aliphatic carbocycles. The number of aryl methyl sites for hydroxylation is 1. The van der Waals surface area contributed by atoms with Crippen LogP contribution in [0.25, 0.3) is 4.96 Å². The Labute approximate surface area is 145 Å². The van der Waals surface area contributed by atoms with Gasteiger partial charge in [0.05, 0.1) is 18.2 Å². The molecule has 0 saturated carbocycles. The van der Waals surface area contributed by atoms with Gasteiger partial charge in [0.15, 0.2) is 4.96 Å². The molecule has 1 N–H and O–H groups in total. The van der Waals surface area contributed by atoms with Gasteiger partial charge in [0.1, 0.15) is 0 Å². The number of benzene rings is 1. The van der Waals surface area contributed by atoms with Gasteiger partial charge >= 0.3 is 0 Å². The van der Waals surface area contributed by atoms with Gasteiger partial charge in [-0.2, -0.15) is 0 Å². The van der Waals surface area contributed by atoms with Crippen LogP contribution in [0.1, 0.15) is 22.9 Å². The third-order valence-electron chi connectivity index (χ3n) is 4.06. The van der Waals surface area contributed by atoms with Gasteiger partial charge in [-0.1, -0.05) is 29.8 Å². The third kappa shape index (κ3) is 3.83. The number of nitrogens with zero attached hydrogens (tertiary/aromatic N) is 3. The van der Waals surface area contributed by atoms with Gasteiger partial charge in [0.25, 0.3) is 0 Å². The van der Waals surface area contributed by atoms with Crippen molar-refractivity contribution in [1.29, 1.82) is 0 Å². The second-order valence-electron chi connectivity index (χ2n) is 6.20. The summed E-state index contributed by atoms with van der Waals surface area (Å²) in [5.41, 5.74) is 3.24. The molecule has 6 heteroatoms. The van der Waals surface area contributed by atoms with Crippen LogP contribution in [-0.4, -0.2) is 40.8 Å². The van der Waals surface area contributed by atoms with Crippen molar-refractivity contribution in [2.24, 2.45) is 0 Å². The fourth-order valence-electron chi connectivity index (χ4n) is 2.69. The van der Waals surface area contributed by atoms with E-state index >= 15 is 0 Å². The molecular formula is C18H22N4OS. The first-order valence-electron chi connectivity index (χ1n) is 7.93. The maximum absolute atomic E-state index is 12.2. The molecule has 2 aromatic heterocycles. The van der Waals surface area contributed by atoms with Crippen molar-refractivity contribution in [3.8, 4) is 0 Å². The van der Waals surface area contributed by atoms with Gasteiger partial charge in [-0.3, -0.25) is 9.20 Å². The van der Waals surface area contributed by atoms with Crippen molar-refractivity contribution in [3.05, 3.63) is 58.9 Å². The van der Waals surface area contributed by atoms with Gasteiger partial charge in [0, 0.05) is 24.3 Å². The minimum absolute atomic E-state index is 0.000264. The largest absolute Gasteiger partial charge is 0.354 e. The number of hydrogen-bond acceptors (Lipinski definition) is 4. The van der Waals surface area contributed by atoms with E-state index in [-0.39, 0.29) is 11.9 Å². The monoisotopic (exact) mass is 342 g/mol. The number of carbonyl (C=O) groups excluding carboxylic acids is 1. The molecule has 1 aromatic carbocycles. The number of fused-ring (bicyclic) bond motifs is 1. The van der Waals surface area contributed by atoms with Crippen molar-refractivity contribution < 1.29 is 4.79 Å². The lowest BCUT2D eigenvalue weighted by Crippen LogP contribution is -2.35. The highest BCUT2D eigenvalue weighted by Gasteiger charge is 2.16. The Hall–Kier alpha value is -2.18. The maximum Gasteiger partial charge on any atom is 0.226 e. The Morgan fingerprint density at radius 1 is 1.33 bits per heavy atom. The lowest BCUT2D eigenvalue weighted by atomic mass is 10.0. The summed E-state index contributed by atoms with van der Waals surface area (Å²) in [7, 11) is 4.06. The Morgan fingerprint density at radius 2 is 2.08 bits per heavy atom. The second kappa shape index (κ2) is 7.15. The number of carbonyl (C=O) groups is 1. The molecule has 5 nitrogen and oxygen atoms in total. The normalized spacial score (nSPS) is 12.7. The van der Waals surface area contributed by atoms with Gasteiger partial charge < -0.3 is 10.2 Å². The highest BCUT2D eigenvalue weighted by molar-refractivity contribution is 7.15. The Kier molecular flexibility index (Phi) is 4.97. The highest BCUT2D eigenvalue weighted by atomic mass is 32.1. The number of hydrogen-bond donors (Lipinski definition) is 1. The van der Waals surface area contributed by atoms with E-state index in [1.165, 1.54) is 11.1 Å². The number of likely N-dealkylation sites (N-methyl/N-ethyl adjacent to an activating group) is 1. The molecule has 0 spiro atoms. The quantitative estimate of drug-likeness (QED) is 0.749.